The summed E-state index contributed by atoms with van der Waals surface area (Å²) in [5.41, 5.74) is 0.141. The monoisotopic (exact) mass is 198 g/mol. The normalized spacial score (nSPS) is 9.93. The zero-order valence-corrected chi connectivity index (χ0v) is 8.00. The van der Waals surface area contributed by atoms with E-state index in [9.17, 15) is 9.18 Å². The van der Waals surface area contributed by atoms with Crippen LogP contribution in [-0.2, 0) is 0 Å². The maximum absolute atomic E-state index is 13.3. The van der Waals surface area contributed by atoms with Gasteiger partial charge in [-0.3, -0.25) is 4.79 Å². The van der Waals surface area contributed by atoms with E-state index in [0.29, 0.717) is 0 Å². The van der Waals surface area contributed by atoms with Crippen molar-refractivity contribution in [2.45, 2.75) is 13.8 Å². The molecule has 3 nitrogen and oxygen atoms in total. The van der Waals surface area contributed by atoms with Crippen molar-refractivity contribution >= 4 is 5.78 Å². The molecule has 0 atom stereocenters. The van der Waals surface area contributed by atoms with Gasteiger partial charge in [0, 0.05) is 0 Å². The third-order valence-electron chi connectivity index (χ3n) is 1.74. The lowest BCUT2D eigenvalue weighted by Crippen LogP contribution is -2.03. The van der Waals surface area contributed by atoms with Crippen LogP contribution < -0.4 is 4.74 Å². The highest BCUT2D eigenvalue weighted by atomic mass is 19.1. The van der Waals surface area contributed by atoms with Gasteiger partial charge in [0.15, 0.2) is 17.3 Å². The van der Waals surface area contributed by atoms with Crippen LogP contribution >= 0.6 is 0 Å². The van der Waals surface area contributed by atoms with Crippen molar-refractivity contribution in [3.05, 3.63) is 23.5 Å². The molecule has 0 aromatic heterocycles. The third-order valence-corrected chi connectivity index (χ3v) is 1.74. The van der Waals surface area contributed by atoms with E-state index in [1.54, 1.807) is 6.92 Å². The Balaban J connectivity index is 3.29. The highest BCUT2D eigenvalue weighted by molar-refractivity contribution is 5.97. The second-order valence-corrected chi connectivity index (χ2v) is 2.76. The molecular weight excluding hydrogens is 187 g/mol. The standard InChI is InChI=1S/C10H11FO3/c1-3-14-10-7(6(2)12)4-5-8(13)9(10)11/h4-5,13H,3H2,1-2H3. The minimum absolute atomic E-state index is 0.141. The van der Waals surface area contributed by atoms with E-state index in [0.717, 1.165) is 6.07 Å². The van der Waals surface area contributed by atoms with Gasteiger partial charge in [0.2, 0.25) is 5.82 Å². The first-order valence-corrected chi connectivity index (χ1v) is 4.23. The molecule has 0 saturated heterocycles. The Morgan fingerprint density at radius 1 is 1.57 bits per heavy atom. The Hall–Kier alpha value is -1.58. The summed E-state index contributed by atoms with van der Waals surface area (Å²) in [7, 11) is 0. The molecule has 0 amide bonds. The van der Waals surface area contributed by atoms with Gasteiger partial charge in [-0.15, -0.1) is 0 Å². The van der Waals surface area contributed by atoms with Crippen molar-refractivity contribution < 1.29 is 19.0 Å². The summed E-state index contributed by atoms with van der Waals surface area (Å²) >= 11 is 0. The zero-order valence-electron chi connectivity index (χ0n) is 8.00. The molecule has 0 aliphatic heterocycles. The lowest BCUT2D eigenvalue weighted by molar-refractivity contribution is 0.101. The Morgan fingerprint density at radius 3 is 2.71 bits per heavy atom. The van der Waals surface area contributed by atoms with Crippen LogP contribution in [0.1, 0.15) is 24.2 Å². The van der Waals surface area contributed by atoms with Crippen LogP contribution in [0.3, 0.4) is 0 Å². The number of carbonyl (C=O) groups excluding carboxylic acids is 1. The van der Waals surface area contributed by atoms with Crippen LogP contribution in [0.2, 0.25) is 0 Å². The van der Waals surface area contributed by atoms with Crippen molar-refractivity contribution in [2.24, 2.45) is 0 Å². The molecule has 76 valence electrons. The first kappa shape index (κ1) is 10.5. The van der Waals surface area contributed by atoms with Crippen LogP contribution in [0.15, 0.2) is 12.1 Å². The lowest BCUT2D eigenvalue weighted by Gasteiger charge is -2.09. The van der Waals surface area contributed by atoms with Crippen molar-refractivity contribution in [3.63, 3.8) is 0 Å². The number of carbonyl (C=O) groups is 1. The molecule has 0 aliphatic rings. The molecule has 0 fully saturated rings. The molecule has 0 heterocycles. The van der Waals surface area contributed by atoms with Crippen LogP contribution in [0.4, 0.5) is 4.39 Å². The molecule has 0 bridgehead atoms. The number of ether oxygens (including phenoxy) is 1. The highest BCUT2D eigenvalue weighted by Gasteiger charge is 2.16. The molecular formula is C10H11FO3. The summed E-state index contributed by atoms with van der Waals surface area (Å²) in [6.07, 6.45) is 0. The summed E-state index contributed by atoms with van der Waals surface area (Å²) in [4.78, 5) is 11.1. The highest BCUT2D eigenvalue weighted by Crippen LogP contribution is 2.29. The Kier molecular flexibility index (Phi) is 3.06. The first-order valence-electron chi connectivity index (χ1n) is 4.23. The number of Topliss-reactive ketones (excluding diaryl/α,β-unsaturated/α-hetero) is 1. The number of hydrogen-bond acceptors (Lipinski definition) is 3. The molecule has 0 radical (unpaired) electrons. The summed E-state index contributed by atoms with van der Waals surface area (Å²) in [5, 5.41) is 9.07. The summed E-state index contributed by atoms with van der Waals surface area (Å²) < 4.78 is 18.2. The number of halogens is 1. The second kappa shape index (κ2) is 4.09. The largest absolute Gasteiger partial charge is 0.505 e. The van der Waals surface area contributed by atoms with Gasteiger partial charge in [-0.2, -0.15) is 4.39 Å². The van der Waals surface area contributed by atoms with Gasteiger partial charge in [0.25, 0.3) is 0 Å². The molecule has 0 unspecified atom stereocenters. The minimum Gasteiger partial charge on any atom is -0.505 e. The molecule has 14 heavy (non-hydrogen) atoms. The van der Waals surface area contributed by atoms with Gasteiger partial charge in [-0.05, 0) is 26.0 Å². The summed E-state index contributed by atoms with van der Waals surface area (Å²) in [5.74, 6) is -1.88. The van der Waals surface area contributed by atoms with E-state index in [-0.39, 0.29) is 23.7 Å². The molecule has 0 aliphatic carbocycles. The van der Waals surface area contributed by atoms with Gasteiger partial charge in [0.1, 0.15) is 0 Å². The van der Waals surface area contributed by atoms with E-state index in [4.69, 9.17) is 9.84 Å². The molecule has 0 spiro atoms. The molecule has 1 rings (SSSR count). The molecule has 0 saturated carbocycles. The lowest BCUT2D eigenvalue weighted by atomic mass is 10.1. The molecule has 4 heteroatoms. The fraction of sp³-hybridized carbons (Fsp3) is 0.300. The van der Waals surface area contributed by atoms with Crippen molar-refractivity contribution in [1.82, 2.24) is 0 Å². The number of phenols is 1. The van der Waals surface area contributed by atoms with E-state index < -0.39 is 11.6 Å². The first-order chi connectivity index (χ1) is 6.57. The third kappa shape index (κ3) is 1.84. The zero-order chi connectivity index (χ0) is 10.7. The number of rotatable bonds is 3. The van der Waals surface area contributed by atoms with E-state index in [1.165, 1.54) is 13.0 Å². The Labute approximate surface area is 81.1 Å². The summed E-state index contributed by atoms with van der Waals surface area (Å²) in [6, 6.07) is 2.47. The smallest absolute Gasteiger partial charge is 0.207 e. The average Bonchev–Trinajstić information content (AvgIpc) is 2.13. The maximum Gasteiger partial charge on any atom is 0.207 e. The van der Waals surface area contributed by atoms with Crippen molar-refractivity contribution in [3.8, 4) is 11.5 Å². The predicted molar refractivity (Wildman–Crippen MR) is 49.2 cm³/mol. The van der Waals surface area contributed by atoms with Gasteiger partial charge in [-0.25, -0.2) is 0 Å². The van der Waals surface area contributed by atoms with Gasteiger partial charge < -0.3 is 9.84 Å². The minimum atomic E-state index is -0.889. The van der Waals surface area contributed by atoms with Gasteiger partial charge >= 0.3 is 0 Å². The number of aromatic hydroxyl groups is 1. The maximum atomic E-state index is 13.3. The molecule has 1 aromatic carbocycles. The van der Waals surface area contributed by atoms with E-state index in [1.807, 2.05) is 0 Å². The fourth-order valence-corrected chi connectivity index (χ4v) is 1.11. The quantitative estimate of drug-likeness (QED) is 0.757. The number of hydrogen-bond donors (Lipinski definition) is 1. The fourth-order valence-electron chi connectivity index (χ4n) is 1.11. The summed E-state index contributed by atoms with van der Waals surface area (Å²) in [6.45, 7) is 3.22. The van der Waals surface area contributed by atoms with Crippen LogP contribution in [0, 0.1) is 5.82 Å². The second-order valence-electron chi connectivity index (χ2n) is 2.76. The Morgan fingerprint density at radius 2 is 2.21 bits per heavy atom. The number of benzene rings is 1. The SMILES string of the molecule is CCOc1c(C(C)=O)ccc(O)c1F. The van der Waals surface area contributed by atoms with Crippen molar-refractivity contribution in [1.29, 1.82) is 0 Å². The van der Waals surface area contributed by atoms with Crippen LogP contribution in [-0.4, -0.2) is 17.5 Å². The van der Waals surface area contributed by atoms with Gasteiger partial charge in [0.05, 0.1) is 12.2 Å². The molecule has 1 aromatic rings. The van der Waals surface area contributed by atoms with E-state index in [2.05, 4.69) is 0 Å². The average molecular weight is 198 g/mol. The van der Waals surface area contributed by atoms with Crippen molar-refractivity contribution in [2.75, 3.05) is 6.61 Å². The molecule has 1 N–H and O–H groups in total. The predicted octanol–water partition coefficient (Wildman–Crippen LogP) is 2.13. The van der Waals surface area contributed by atoms with Crippen LogP contribution in [0.25, 0.3) is 0 Å². The van der Waals surface area contributed by atoms with E-state index >= 15 is 0 Å². The Bertz CT molecular complexity index is 361. The number of ketones is 1. The topological polar surface area (TPSA) is 46.5 Å². The van der Waals surface area contributed by atoms with Gasteiger partial charge in [-0.1, -0.05) is 0 Å². The number of phenolic OH excluding ortho intramolecular Hbond substituents is 1. The van der Waals surface area contributed by atoms with Crippen LogP contribution in [0.5, 0.6) is 11.5 Å².